The molecular formula is C21H23FN4O3. The van der Waals surface area contributed by atoms with E-state index in [4.69, 9.17) is 14.5 Å². The summed E-state index contributed by atoms with van der Waals surface area (Å²) in [6, 6.07) is 11.3. The number of benzene rings is 2. The van der Waals surface area contributed by atoms with Gasteiger partial charge in [0.25, 0.3) is 5.91 Å². The molecule has 1 aliphatic rings. The van der Waals surface area contributed by atoms with Gasteiger partial charge in [-0.1, -0.05) is 0 Å². The zero-order valence-electron chi connectivity index (χ0n) is 16.2. The molecule has 1 N–H and O–H groups in total. The SMILES string of the molecule is Cn1c(N2CCOCC2)nc2cc(C(=O)NCCOc3ccc(F)cc3)ccc21. The van der Waals surface area contributed by atoms with Gasteiger partial charge in [-0.05, 0) is 42.5 Å². The molecule has 1 aliphatic heterocycles. The number of morpholine rings is 1. The molecule has 4 rings (SSSR count). The van der Waals surface area contributed by atoms with Crippen LogP contribution >= 0.6 is 0 Å². The van der Waals surface area contributed by atoms with Crippen LogP contribution in [0.4, 0.5) is 10.3 Å². The predicted octanol–water partition coefficient (Wildman–Crippen LogP) is 2.36. The largest absolute Gasteiger partial charge is 0.492 e. The van der Waals surface area contributed by atoms with Gasteiger partial charge in [0.05, 0.1) is 30.8 Å². The van der Waals surface area contributed by atoms with Crippen molar-refractivity contribution in [2.24, 2.45) is 7.05 Å². The normalized spacial score (nSPS) is 14.2. The van der Waals surface area contributed by atoms with Gasteiger partial charge < -0.3 is 24.3 Å². The van der Waals surface area contributed by atoms with Gasteiger partial charge in [0, 0.05) is 25.7 Å². The maximum Gasteiger partial charge on any atom is 0.251 e. The minimum atomic E-state index is -0.313. The number of amides is 1. The van der Waals surface area contributed by atoms with E-state index < -0.39 is 0 Å². The second kappa shape index (κ2) is 8.48. The maximum atomic E-state index is 12.9. The van der Waals surface area contributed by atoms with Crippen molar-refractivity contribution in [1.82, 2.24) is 14.9 Å². The Kier molecular flexibility index (Phi) is 5.62. The predicted molar refractivity (Wildman–Crippen MR) is 108 cm³/mol. The molecule has 0 radical (unpaired) electrons. The lowest BCUT2D eigenvalue weighted by Crippen LogP contribution is -2.37. The van der Waals surface area contributed by atoms with Crippen LogP contribution in [0, 0.1) is 5.82 Å². The van der Waals surface area contributed by atoms with Crippen molar-refractivity contribution in [3.63, 3.8) is 0 Å². The van der Waals surface area contributed by atoms with Crippen LogP contribution in [0.25, 0.3) is 11.0 Å². The number of rotatable bonds is 6. The number of hydrogen-bond acceptors (Lipinski definition) is 5. The molecule has 8 heteroatoms. The molecule has 7 nitrogen and oxygen atoms in total. The third-order valence-electron chi connectivity index (χ3n) is 4.88. The highest BCUT2D eigenvalue weighted by Crippen LogP contribution is 2.23. The molecule has 0 saturated carbocycles. The Morgan fingerprint density at radius 1 is 1.21 bits per heavy atom. The van der Waals surface area contributed by atoms with Crippen molar-refractivity contribution >= 4 is 22.9 Å². The molecule has 0 aliphatic carbocycles. The topological polar surface area (TPSA) is 68.6 Å². The highest BCUT2D eigenvalue weighted by atomic mass is 19.1. The van der Waals surface area contributed by atoms with Crippen molar-refractivity contribution in [2.75, 3.05) is 44.4 Å². The molecule has 0 unspecified atom stereocenters. The molecule has 1 aromatic heterocycles. The number of ether oxygens (including phenoxy) is 2. The Morgan fingerprint density at radius 2 is 1.97 bits per heavy atom. The number of carbonyl (C=O) groups excluding carboxylic acids is 1. The summed E-state index contributed by atoms with van der Waals surface area (Å²) in [6.07, 6.45) is 0. The molecule has 2 heterocycles. The van der Waals surface area contributed by atoms with Crippen LogP contribution in [0.3, 0.4) is 0 Å². The monoisotopic (exact) mass is 398 g/mol. The summed E-state index contributed by atoms with van der Waals surface area (Å²) < 4.78 is 25.8. The van der Waals surface area contributed by atoms with E-state index in [1.54, 1.807) is 24.3 Å². The van der Waals surface area contributed by atoms with E-state index in [2.05, 4.69) is 10.2 Å². The van der Waals surface area contributed by atoms with Crippen molar-refractivity contribution < 1.29 is 18.7 Å². The van der Waals surface area contributed by atoms with Crippen LogP contribution in [-0.4, -0.2) is 54.9 Å². The number of anilines is 1. The van der Waals surface area contributed by atoms with E-state index in [9.17, 15) is 9.18 Å². The third-order valence-corrected chi connectivity index (χ3v) is 4.88. The van der Waals surface area contributed by atoms with Gasteiger partial charge in [0.15, 0.2) is 0 Å². The minimum Gasteiger partial charge on any atom is -0.492 e. The van der Waals surface area contributed by atoms with Crippen LogP contribution in [0.5, 0.6) is 5.75 Å². The average molecular weight is 398 g/mol. The highest BCUT2D eigenvalue weighted by molar-refractivity contribution is 5.97. The standard InChI is InChI=1S/C21H23FN4O3/c1-25-19-7-2-15(14-18(19)24-21(25)26-9-12-28-13-10-26)20(27)23-8-11-29-17-5-3-16(22)4-6-17/h2-7,14H,8-13H2,1H3,(H,23,27). The molecule has 2 aromatic carbocycles. The fourth-order valence-corrected chi connectivity index (χ4v) is 3.34. The molecule has 1 saturated heterocycles. The number of aromatic nitrogens is 2. The van der Waals surface area contributed by atoms with Gasteiger partial charge >= 0.3 is 0 Å². The molecular weight excluding hydrogens is 375 g/mol. The zero-order chi connectivity index (χ0) is 20.2. The summed E-state index contributed by atoms with van der Waals surface area (Å²) in [5.74, 6) is 0.945. The average Bonchev–Trinajstić information content (AvgIpc) is 3.09. The summed E-state index contributed by atoms with van der Waals surface area (Å²) in [5, 5.41) is 2.83. The Hall–Kier alpha value is -3.13. The molecule has 1 fully saturated rings. The molecule has 0 atom stereocenters. The first-order valence-corrected chi connectivity index (χ1v) is 9.57. The lowest BCUT2D eigenvalue weighted by molar-refractivity contribution is 0.0947. The third kappa shape index (κ3) is 4.32. The fourth-order valence-electron chi connectivity index (χ4n) is 3.34. The van der Waals surface area contributed by atoms with Gasteiger partial charge in [0.2, 0.25) is 5.95 Å². The lowest BCUT2D eigenvalue weighted by atomic mass is 10.2. The maximum absolute atomic E-state index is 12.9. The number of nitrogens with zero attached hydrogens (tertiary/aromatic N) is 3. The number of aryl methyl sites for hydroxylation is 1. The number of hydrogen-bond donors (Lipinski definition) is 1. The van der Waals surface area contributed by atoms with Crippen molar-refractivity contribution in [1.29, 1.82) is 0 Å². The van der Waals surface area contributed by atoms with Crippen LogP contribution in [-0.2, 0) is 11.8 Å². The van der Waals surface area contributed by atoms with E-state index in [0.29, 0.717) is 37.7 Å². The van der Waals surface area contributed by atoms with Gasteiger partial charge in [-0.3, -0.25) is 4.79 Å². The molecule has 3 aromatic rings. The van der Waals surface area contributed by atoms with Gasteiger partial charge in [-0.15, -0.1) is 0 Å². The van der Waals surface area contributed by atoms with Crippen molar-refractivity contribution in [3.8, 4) is 5.75 Å². The second-order valence-electron chi connectivity index (χ2n) is 6.83. The second-order valence-corrected chi connectivity index (χ2v) is 6.83. The summed E-state index contributed by atoms with van der Waals surface area (Å²) in [7, 11) is 1.98. The molecule has 29 heavy (non-hydrogen) atoms. The van der Waals surface area contributed by atoms with Crippen LogP contribution in [0.15, 0.2) is 42.5 Å². The van der Waals surface area contributed by atoms with Crippen LogP contribution < -0.4 is 15.0 Å². The van der Waals surface area contributed by atoms with E-state index in [-0.39, 0.29) is 11.7 Å². The molecule has 1 amide bonds. The van der Waals surface area contributed by atoms with Gasteiger partial charge in [0.1, 0.15) is 18.2 Å². The fraction of sp³-hybridized carbons (Fsp3) is 0.333. The first kappa shape index (κ1) is 19.2. The summed E-state index contributed by atoms with van der Waals surface area (Å²) >= 11 is 0. The smallest absolute Gasteiger partial charge is 0.251 e. The number of carbonyl (C=O) groups is 1. The Morgan fingerprint density at radius 3 is 2.72 bits per heavy atom. The van der Waals surface area contributed by atoms with E-state index >= 15 is 0 Å². The zero-order valence-corrected chi connectivity index (χ0v) is 16.2. The first-order valence-electron chi connectivity index (χ1n) is 9.57. The van der Waals surface area contributed by atoms with E-state index in [0.717, 1.165) is 30.1 Å². The first-order chi connectivity index (χ1) is 14.1. The van der Waals surface area contributed by atoms with Gasteiger partial charge in [-0.2, -0.15) is 0 Å². The summed E-state index contributed by atoms with van der Waals surface area (Å²) in [4.78, 5) is 19.4. The Bertz CT molecular complexity index is 997. The number of fused-ring (bicyclic) bond motifs is 1. The Labute approximate surface area is 168 Å². The lowest BCUT2D eigenvalue weighted by Gasteiger charge is -2.27. The number of nitrogens with one attached hydrogen (secondary N) is 1. The van der Waals surface area contributed by atoms with E-state index in [1.165, 1.54) is 12.1 Å². The molecule has 152 valence electrons. The number of halogens is 1. The van der Waals surface area contributed by atoms with Crippen LogP contribution in [0.1, 0.15) is 10.4 Å². The molecule has 0 bridgehead atoms. The quantitative estimate of drug-likeness (QED) is 0.646. The Balaban J connectivity index is 1.38. The van der Waals surface area contributed by atoms with Crippen molar-refractivity contribution in [2.45, 2.75) is 0 Å². The summed E-state index contributed by atoms with van der Waals surface area (Å²) in [6.45, 7) is 3.63. The summed E-state index contributed by atoms with van der Waals surface area (Å²) in [5.41, 5.74) is 2.30. The van der Waals surface area contributed by atoms with Gasteiger partial charge in [-0.25, -0.2) is 9.37 Å². The minimum absolute atomic E-state index is 0.187. The van der Waals surface area contributed by atoms with Crippen molar-refractivity contribution in [3.05, 3.63) is 53.8 Å². The van der Waals surface area contributed by atoms with E-state index in [1.807, 2.05) is 17.7 Å². The highest BCUT2D eigenvalue weighted by Gasteiger charge is 2.18. The number of imidazole rings is 1. The van der Waals surface area contributed by atoms with Crippen LogP contribution in [0.2, 0.25) is 0 Å². The molecule has 0 spiro atoms.